The maximum Gasteiger partial charge on any atom is 0.134 e. The van der Waals surface area contributed by atoms with Crippen LogP contribution in [0.4, 0.5) is 11.6 Å². The van der Waals surface area contributed by atoms with Crippen molar-refractivity contribution in [2.24, 2.45) is 0 Å². The van der Waals surface area contributed by atoms with E-state index in [0.717, 1.165) is 37.8 Å². The van der Waals surface area contributed by atoms with Crippen LogP contribution in [-0.4, -0.2) is 43.2 Å². The molecule has 16 heavy (non-hydrogen) atoms. The molecule has 0 fully saturated rings. The van der Waals surface area contributed by atoms with E-state index in [-0.39, 0.29) is 0 Å². The Bertz CT molecular complexity index is 298. The van der Waals surface area contributed by atoms with Crippen LogP contribution in [0.3, 0.4) is 0 Å². The highest BCUT2D eigenvalue weighted by molar-refractivity contribution is 5.48. The number of hydrogen-bond donors (Lipinski definition) is 2. The molecule has 5 nitrogen and oxygen atoms in total. The molecule has 0 unspecified atom stereocenters. The topological polar surface area (TPSA) is 53.1 Å². The summed E-state index contributed by atoms with van der Waals surface area (Å²) in [5.41, 5.74) is 0. The van der Waals surface area contributed by atoms with E-state index >= 15 is 0 Å². The predicted octanol–water partition coefficient (Wildman–Crippen LogP) is 0.954. The molecule has 0 saturated heterocycles. The Morgan fingerprint density at radius 2 is 1.94 bits per heavy atom. The van der Waals surface area contributed by atoms with Crippen LogP contribution >= 0.6 is 0 Å². The summed E-state index contributed by atoms with van der Waals surface area (Å²) in [6.45, 7) is 7.96. The van der Waals surface area contributed by atoms with E-state index in [1.165, 1.54) is 0 Å². The van der Waals surface area contributed by atoms with Gasteiger partial charge in [-0.3, -0.25) is 0 Å². The minimum atomic E-state index is 0.866. The lowest BCUT2D eigenvalue weighted by molar-refractivity contribution is 0.817. The Balaban J connectivity index is 2.62. The van der Waals surface area contributed by atoms with Crippen LogP contribution in [-0.2, 0) is 0 Å². The summed E-state index contributed by atoms with van der Waals surface area (Å²) in [7, 11) is 1.93. The zero-order chi connectivity index (χ0) is 11.8. The van der Waals surface area contributed by atoms with E-state index in [9.17, 15) is 0 Å². The molecule has 0 aliphatic heterocycles. The molecule has 2 N–H and O–H groups in total. The van der Waals surface area contributed by atoms with Crippen molar-refractivity contribution in [2.75, 3.05) is 43.4 Å². The number of rotatable bonds is 7. The van der Waals surface area contributed by atoms with Crippen LogP contribution in [0.15, 0.2) is 12.4 Å². The molecule has 1 heterocycles. The molecule has 1 aromatic heterocycles. The van der Waals surface area contributed by atoms with Crippen LogP contribution in [0.1, 0.15) is 13.8 Å². The van der Waals surface area contributed by atoms with Crippen molar-refractivity contribution >= 4 is 11.6 Å². The fourth-order valence-electron chi connectivity index (χ4n) is 1.48. The van der Waals surface area contributed by atoms with Crippen molar-refractivity contribution in [3.63, 3.8) is 0 Å². The predicted molar refractivity (Wildman–Crippen MR) is 68.0 cm³/mol. The summed E-state index contributed by atoms with van der Waals surface area (Å²) in [6.07, 6.45) is 1.61. The molecule has 0 bridgehead atoms. The monoisotopic (exact) mass is 223 g/mol. The van der Waals surface area contributed by atoms with Crippen molar-refractivity contribution in [1.82, 2.24) is 15.3 Å². The Hall–Kier alpha value is -1.36. The quantitative estimate of drug-likeness (QED) is 0.674. The van der Waals surface area contributed by atoms with Crippen LogP contribution in [0.5, 0.6) is 0 Å². The van der Waals surface area contributed by atoms with Gasteiger partial charge in [-0.05, 0) is 20.9 Å². The maximum atomic E-state index is 4.27. The first-order valence-electron chi connectivity index (χ1n) is 5.77. The highest BCUT2D eigenvalue weighted by Crippen LogP contribution is 2.12. The molecule has 0 saturated carbocycles. The zero-order valence-electron chi connectivity index (χ0n) is 10.3. The van der Waals surface area contributed by atoms with E-state index in [1.807, 2.05) is 13.1 Å². The van der Waals surface area contributed by atoms with Gasteiger partial charge < -0.3 is 15.5 Å². The molecule has 0 aliphatic carbocycles. The maximum absolute atomic E-state index is 4.27. The number of nitrogens with one attached hydrogen (secondary N) is 2. The van der Waals surface area contributed by atoms with Gasteiger partial charge in [0.25, 0.3) is 0 Å². The second kappa shape index (κ2) is 7.00. The Labute approximate surface area is 97.3 Å². The van der Waals surface area contributed by atoms with Crippen molar-refractivity contribution in [1.29, 1.82) is 0 Å². The number of aromatic nitrogens is 2. The van der Waals surface area contributed by atoms with Gasteiger partial charge in [0.1, 0.15) is 18.0 Å². The Morgan fingerprint density at radius 3 is 2.56 bits per heavy atom. The summed E-state index contributed by atoms with van der Waals surface area (Å²) in [4.78, 5) is 10.7. The third-order valence-corrected chi connectivity index (χ3v) is 2.42. The summed E-state index contributed by atoms with van der Waals surface area (Å²) >= 11 is 0. The number of anilines is 2. The van der Waals surface area contributed by atoms with E-state index < -0.39 is 0 Å². The average molecular weight is 223 g/mol. The first kappa shape index (κ1) is 12.7. The highest BCUT2D eigenvalue weighted by Gasteiger charge is 2.04. The lowest BCUT2D eigenvalue weighted by atomic mass is 10.4. The lowest BCUT2D eigenvalue weighted by Crippen LogP contribution is -2.23. The molecular weight excluding hydrogens is 202 g/mol. The fourth-order valence-corrected chi connectivity index (χ4v) is 1.48. The normalized spacial score (nSPS) is 10.2. The Morgan fingerprint density at radius 1 is 1.19 bits per heavy atom. The van der Waals surface area contributed by atoms with Crippen LogP contribution in [0, 0.1) is 0 Å². The molecule has 0 spiro atoms. The average Bonchev–Trinajstić information content (AvgIpc) is 2.32. The molecule has 0 aliphatic rings. The van der Waals surface area contributed by atoms with E-state index in [1.54, 1.807) is 6.33 Å². The zero-order valence-corrected chi connectivity index (χ0v) is 10.3. The molecule has 0 atom stereocenters. The van der Waals surface area contributed by atoms with Gasteiger partial charge in [0.15, 0.2) is 0 Å². The molecule has 90 valence electrons. The number of nitrogens with zero attached hydrogens (tertiary/aromatic N) is 3. The van der Waals surface area contributed by atoms with E-state index in [4.69, 9.17) is 0 Å². The van der Waals surface area contributed by atoms with Gasteiger partial charge in [-0.2, -0.15) is 0 Å². The first-order chi connectivity index (χ1) is 7.81. The van der Waals surface area contributed by atoms with Gasteiger partial charge in [-0.25, -0.2) is 9.97 Å². The third kappa shape index (κ3) is 3.66. The Kier molecular flexibility index (Phi) is 5.56. The van der Waals surface area contributed by atoms with Gasteiger partial charge in [0.05, 0.1) is 0 Å². The SMILES string of the molecule is CCN(CC)c1cc(NCCNC)ncn1. The van der Waals surface area contributed by atoms with Crippen LogP contribution < -0.4 is 15.5 Å². The fraction of sp³-hybridized carbons (Fsp3) is 0.636. The summed E-state index contributed by atoms with van der Waals surface area (Å²) < 4.78 is 0. The molecule has 0 amide bonds. The first-order valence-corrected chi connectivity index (χ1v) is 5.77. The molecule has 0 aromatic carbocycles. The highest BCUT2D eigenvalue weighted by atomic mass is 15.2. The van der Waals surface area contributed by atoms with Crippen LogP contribution in [0.25, 0.3) is 0 Å². The lowest BCUT2D eigenvalue weighted by Gasteiger charge is -2.19. The number of likely N-dealkylation sites (N-methyl/N-ethyl adjacent to an activating group) is 1. The molecule has 5 heteroatoms. The van der Waals surface area contributed by atoms with E-state index in [0.29, 0.717) is 0 Å². The molecule has 0 radical (unpaired) electrons. The second-order valence-electron chi connectivity index (χ2n) is 3.46. The summed E-state index contributed by atoms with van der Waals surface area (Å²) in [5, 5.41) is 6.33. The van der Waals surface area contributed by atoms with Crippen molar-refractivity contribution in [3.8, 4) is 0 Å². The largest absolute Gasteiger partial charge is 0.369 e. The van der Waals surface area contributed by atoms with Crippen molar-refractivity contribution in [3.05, 3.63) is 12.4 Å². The third-order valence-electron chi connectivity index (χ3n) is 2.42. The summed E-state index contributed by atoms with van der Waals surface area (Å²) in [6, 6.07) is 1.99. The smallest absolute Gasteiger partial charge is 0.134 e. The second-order valence-corrected chi connectivity index (χ2v) is 3.46. The summed E-state index contributed by atoms with van der Waals surface area (Å²) in [5.74, 6) is 1.86. The van der Waals surface area contributed by atoms with Gasteiger partial charge in [-0.1, -0.05) is 0 Å². The van der Waals surface area contributed by atoms with Crippen molar-refractivity contribution in [2.45, 2.75) is 13.8 Å². The standard InChI is InChI=1S/C11H21N5/c1-4-16(5-2)11-8-10(14-9-15-11)13-7-6-12-3/h8-9,12H,4-7H2,1-3H3,(H,13,14,15). The molecule has 1 rings (SSSR count). The molecular formula is C11H21N5. The van der Waals surface area contributed by atoms with Crippen molar-refractivity contribution < 1.29 is 0 Å². The minimum absolute atomic E-state index is 0.866. The van der Waals surface area contributed by atoms with Gasteiger partial charge in [0.2, 0.25) is 0 Å². The van der Waals surface area contributed by atoms with E-state index in [2.05, 4.69) is 39.3 Å². The van der Waals surface area contributed by atoms with Gasteiger partial charge >= 0.3 is 0 Å². The van der Waals surface area contributed by atoms with Crippen LogP contribution in [0.2, 0.25) is 0 Å². The van der Waals surface area contributed by atoms with Gasteiger partial charge in [0, 0.05) is 32.2 Å². The number of hydrogen-bond acceptors (Lipinski definition) is 5. The minimum Gasteiger partial charge on any atom is -0.369 e. The molecule has 1 aromatic rings. The van der Waals surface area contributed by atoms with Gasteiger partial charge in [-0.15, -0.1) is 0 Å².